The molecule has 0 radical (unpaired) electrons. The van der Waals surface area contributed by atoms with Crippen molar-refractivity contribution in [3.8, 4) is 0 Å². The SMILES string of the molecule is C[C@H]1C[C@H](C)CN(C(=O)C(=O)c2cn(CC(=O)N3CCOCC3)c3ccccc23)C1. The number of ether oxygens (including phenoxy) is 1. The highest BCUT2D eigenvalue weighted by Gasteiger charge is 2.31. The van der Waals surface area contributed by atoms with Crippen molar-refractivity contribution in [3.05, 3.63) is 36.0 Å². The van der Waals surface area contributed by atoms with Crippen molar-refractivity contribution in [2.24, 2.45) is 11.8 Å². The van der Waals surface area contributed by atoms with Gasteiger partial charge in [-0.1, -0.05) is 32.0 Å². The zero-order valence-corrected chi connectivity index (χ0v) is 17.7. The summed E-state index contributed by atoms with van der Waals surface area (Å²) in [5, 5.41) is 0.712. The van der Waals surface area contributed by atoms with E-state index in [0.717, 1.165) is 11.9 Å². The van der Waals surface area contributed by atoms with E-state index in [1.807, 2.05) is 24.3 Å². The highest BCUT2D eigenvalue weighted by Crippen LogP contribution is 2.25. The normalized spacial score (nSPS) is 22.3. The van der Waals surface area contributed by atoms with Crippen LogP contribution in [0, 0.1) is 11.8 Å². The van der Waals surface area contributed by atoms with E-state index in [-0.39, 0.29) is 12.5 Å². The third-order valence-electron chi connectivity index (χ3n) is 6.05. The Morgan fingerprint density at radius 3 is 2.37 bits per heavy atom. The third kappa shape index (κ3) is 4.12. The molecule has 160 valence electrons. The number of piperidine rings is 1. The molecule has 0 N–H and O–H groups in total. The second-order valence-corrected chi connectivity index (χ2v) is 8.67. The standard InChI is InChI=1S/C23H29N3O4/c1-16-11-17(2)13-26(12-16)23(29)22(28)19-14-25(20-6-4-3-5-18(19)20)15-21(27)24-7-9-30-10-8-24/h3-6,14,16-17H,7-13,15H2,1-2H3/t16-,17-/m0/s1. The Morgan fingerprint density at radius 1 is 1.00 bits per heavy atom. The van der Waals surface area contributed by atoms with E-state index < -0.39 is 11.7 Å². The summed E-state index contributed by atoms with van der Waals surface area (Å²) in [7, 11) is 0. The molecular formula is C23H29N3O4. The second-order valence-electron chi connectivity index (χ2n) is 8.67. The fourth-order valence-corrected chi connectivity index (χ4v) is 4.70. The summed E-state index contributed by atoms with van der Waals surface area (Å²) in [4.78, 5) is 42.3. The van der Waals surface area contributed by atoms with Crippen molar-refractivity contribution >= 4 is 28.5 Å². The lowest BCUT2D eigenvalue weighted by molar-refractivity contribution is -0.135. The molecule has 0 saturated carbocycles. The Bertz CT molecular complexity index is 951. The summed E-state index contributed by atoms with van der Waals surface area (Å²) >= 11 is 0. The number of amides is 2. The first kappa shape index (κ1) is 20.6. The Balaban J connectivity index is 1.59. The van der Waals surface area contributed by atoms with Gasteiger partial charge in [0.15, 0.2) is 0 Å². The van der Waals surface area contributed by atoms with Crippen LogP contribution in [0.25, 0.3) is 10.9 Å². The number of ketones is 1. The Labute approximate surface area is 176 Å². The fraction of sp³-hybridized carbons (Fsp3) is 0.522. The number of carbonyl (C=O) groups excluding carboxylic acids is 3. The van der Waals surface area contributed by atoms with Crippen molar-refractivity contribution < 1.29 is 19.1 Å². The summed E-state index contributed by atoms with van der Waals surface area (Å²) in [6, 6.07) is 7.45. The molecule has 7 heteroatoms. The zero-order chi connectivity index (χ0) is 21.3. The van der Waals surface area contributed by atoms with E-state index >= 15 is 0 Å². The second kappa shape index (κ2) is 8.60. The van der Waals surface area contributed by atoms with Gasteiger partial charge in [0, 0.05) is 43.3 Å². The highest BCUT2D eigenvalue weighted by molar-refractivity contribution is 6.44. The van der Waals surface area contributed by atoms with E-state index in [0.29, 0.717) is 62.2 Å². The van der Waals surface area contributed by atoms with Crippen LogP contribution in [0.2, 0.25) is 0 Å². The van der Waals surface area contributed by atoms with Gasteiger partial charge < -0.3 is 19.1 Å². The number of rotatable bonds is 4. The van der Waals surface area contributed by atoms with E-state index in [9.17, 15) is 14.4 Å². The smallest absolute Gasteiger partial charge is 0.295 e. The van der Waals surface area contributed by atoms with Crippen LogP contribution in [0.1, 0.15) is 30.6 Å². The molecule has 0 unspecified atom stereocenters. The quantitative estimate of drug-likeness (QED) is 0.571. The number of hydrogen-bond donors (Lipinski definition) is 0. The molecule has 2 fully saturated rings. The van der Waals surface area contributed by atoms with Crippen LogP contribution in [-0.4, -0.2) is 71.4 Å². The van der Waals surface area contributed by atoms with E-state index in [2.05, 4.69) is 13.8 Å². The van der Waals surface area contributed by atoms with Gasteiger partial charge in [-0.2, -0.15) is 0 Å². The molecule has 2 amide bonds. The highest BCUT2D eigenvalue weighted by atomic mass is 16.5. The van der Waals surface area contributed by atoms with Gasteiger partial charge in [-0.25, -0.2) is 0 Å². The van der Waals surface area contributed by atoms with Crippen LogP contribution in [0.15, 0.2) is 30.5 Å². The molecule has 2 aliphatic rings. The molecule has 0 spiro atoms. The number of carbonyl (C=O) groups is 3. The molecular weight excluding hydrogens is 382 g/mol. The molecule has 0 aliphatic carbocycles. The molecule has 0 bridgehead atoms. The van der Waals surface area contributed by atoms with Crippen LogP contribution in [0.5, 0.6) is 0 Å². The number of nitrogens with zero attached hydrogens (tertiary/aromatic N) is 3. The fourth-order valence-electron chi connectivity index (χ4n) is 4.70. The van der Waals surface area contributed by atoms with Crippen molar-refractivity contribution in [1.82, 2.24) is 14.4 Å². The Hall–Kier alpha value is -2.67. The summed E-state index contributed by atoms with van der Waals surface area (Å²) in [6.45, 7) is 7.84. The number of para-hydroxylation sites is 1. The maximum absolute atomic E-state index is 13.2. The lowest BCUT2D eigenvalue weighted by Gasteiger charge is -2.34. The molecule has 3 heterocycles. The Kier molecular flexibility index (Phi) is 5.90. The van der Waals surface area contributed by atoms with Crippen LogP contribution in [-0.2, 0) is 20.9 Å². The maximum atomic E-state index is 13.2. The van der Waals surface area contributed by atoms with E-state index in [1.54, 1.807) is 20.6 Å². The average molecular weight is 412 g/mol. The molecule has 2 saturated heterocycles. The van der Waals surface area contributed by atoms with Gasteiger partial charge >= 0.3 is 0 Å². The minimum absolute atomic E-state index is 0.0111. The molecule has 7 nitrogen and oxygen atoms in total. The van der Waals surface area contributed by atoms with Gasteiger partial charge in [0.2, 0.25) is 5.91 Å². The number of morpholine rings is 1. The molecule has 2 aliphatic heterocycles. The van der Waals surface area contributed by atoms with Crippen LogP contribution in [0.4, 0.5) is 0 Å². The molecule has 2 aromatic rings. The zero-order valence-electron chi connectivity index (χ0n) is 17.7. The molecule has 30 heavy (non-hydrogen) atoms. The minimum Gasteiger partial charge on any atom is -0.378 e. The molecule has 1 aromatic heterocycles. The van der Waals surface area contributed by atoms with Crippen molar-refractivity contribution in [2.75, 3.05) is 39.4 Å². The average Bonchev–Trinajstić information content (AvgIpc) is 3.11. The summed E-state index contributed by atoms with van der Waals surface area (Å²) in [5.41, 5.74) is 1.16. The summed E-state index contributed by atoms with van der Waals surface area (Å²) in [6.07, 6.45) is 2.74. The van der Waals surface area contributed by atoms with E-state index in [4.69, 9.17) is 4.74 Å². The maximum Gasteiger partial charge on any atom is 0.295 e. The predicted octanol–water partition coefficient (Wildman–Crippen LogP) is 2.19. The third-order valence-corrected chi connectivity index (χ3v) is 6.05. The molecule has 2 atom stereocenters. The van der Waals surface area contributed by atoms with Gasteiger partial charge in [0.1, 0.15) is 6.54 Å². The predicted molar refractivity (Wildman–Crippen MR) is 113 cm³/mol. The van der Waals surface area contributed by atoms with Gasteiger partial charge in [-0.15, -0.1) is 0 Å². The summed E-state index contributed by atoms with van der Waals surface area (Å²) in [5.74, 6) is -0.181. The number of fused-ring (bicyclic) bond motifs is 1. The van der Waals surface area contributed by atoms with Gasteiger partial charge in [-0.3, -0.25) is 14.4 Å². The minimum atomic E-state index is -0.495. The van der Waals surface area contributed by atoms with Gasteiger partial charge in [-0.05, 0) is 24.3 Å². The van der Waals surface area contributed by atoms with Crippen LogP contribution in [0.3, 0.4) is 0 Å². The topological polar surface area (TPSA) is 71.9 Å². The van der Waals surface area contributed by atoms with Crippen LogP contribution >= 0.6 is 0 Å². The Morgan fingerprint density at radius 2 is 1.67 bits per heavy atom. The lowest BCUT2D eigenvalue weighted by atomic mass is 9.91. The number of hydrogen-bond acceptors (Lipinski definition) is 4. The van der Waals surface area contributed by atoms with Crippen molar-refractivity contribution in [1.29, 1.82) is 0 Å². The number of benzene rings is 1. The number of aromatic nitrogens is 1. The first-order valence-corrected chi connectivity index (χ1v) is 10.7. The van der Waals surface area contributed by atoms with Crippen LogP contribution < -0.4 is 0 Å². The van der Waals surface area contributed by atoms with Crippen molar-refractivity contribution in [3.63, 3.8) is 0 Å². The largest absolute Gasteiger partial charge is 0.378 e. The van der Waals surface area contributed by atoms with Gasteiger partial charge in [0.25, 0.3) is 11.7 Å². The number of likely N-dealkylation sites (tertiary alicyclic amines) is 1. The monoisotopic (exact) mass is 411 g/mol. The lowest BCUT2D eigenvalue weighted by Crippen LogP contribution is -2.45. The van der Waals surface area contributed by atoms with Gasteiger partial charge in [0.05, 0.1) is 18.8 Å². The summed E-state index contributed by atoms with van der Waals surface area (Å²) < 4.78 is 7.10. The first-order valence-electron chi connectivity index (χ1n) is 10.7. The molecule has 1 aromatic carbocycles. The first-order chi connectivity index (χ1) is 14.4. The van der Waals surface area contributed by atoms with Crippen molar-refractivity contribution in [2.45, 2.75) is 26.8 Å². The molecule has 4 rings (SSSR count). The van der Waals surface area contributed by atoms with E-state index in [1.165, 1.54) is 0 Å². The number of Topliss-reactive ketones (excluding diaryl/α,β-unsaturated/α-hetero) is 1.